The van der Waals surface area contributed by atoms with Crippen LogP contribution < -0.4 is 5.32 Å². The van der Waals surface area contributed by atoms with Gasteiger partial charge in [-0.2, -0.15) is 0 Å². The van der Waals surface area contributed by atoms with Crippen molar-refractivity contribution in [2.45, 2.75) is 57.7 Å². The van der Waals surface area contributed by atoms with E-state index >= 15 is 0 Å². The van der Waals surface area contributed by atoms with Gasteiger partial charge in [-0.25, -0.2) is 4.79 Å². The maximum absolute atomic E-state index is 11.3. The molecule has 0 heterocycles. The molecule has 0 aromatic carbocycles. The summed E-state index contributed by atoms with van der Waals surface area (Å²) < 4.78 is 5.15. The van der Waals surface area contributed by atoms with E-state index in [0.29, 0.717) is 6.54 Å². The lowest BCUT2D eigenvalue weighted by Crippen LogP contribution is -2.38. The second-order valence-electron chi connectivity index (χ2n) is 4.08. The van der Waals surface area contributed by atoms with Gasteiger partial charge in [-0.15, -0.1) is 0 Å². The molecule has 0 unspecified atom stereocenters. The zero-order valence-corrected chi connectivity index (χ0v) is 9.37. The standard InChI is InChI=1S/C11H21NO3/c1-2-3-8-12-11(14)15-10-7-5-4-6-9(10)13/h9-10,13H,2-8H2,1H3,(H,12,14)/t9-,10-/m1/s1. The highest BCUT2D eigenvalue weighted by Gasteiger charge is 2.26. The van der Waals surface area contributed by atoms with Crippen LogP contribution in [-0.2, 0) is 4.74 Å². The van der Waals surface area contributed by atoms with Crippen LogP contribution in [0.5, 0.6) is 0 Å². The van der Waals surface area contributed by atoms with Crippen LogP contribution in [0.1, 0.15) is 45.4 Å². The quantitative estimate of drug-likeness (QED) is 0.703. The van der Waals surface area contributed by atoms with Gasteiger partial charge in [-0.1, -0.05) is 19.8 Å². The fraction of sp³-hybridized carbons (Fsp3) is 0.909. The molecule has 4 nitrogen and oxygen atoms in total. The number of unbranched alkanes of at least 4 members (excludes halogenated alkanes) is 1. The van der Waals surface area contributed by atoms with E-state index in [2.05, 4.69) is 12.2 Å². The molecule has 1 amide bonds. The zero-order valence-electron chi connectivity index (χ0n) is 9.37. The highest BCUT2D eigenvalue weighted by Crippen LogP contribution is 2.20. The molecule has 0 saturated heterocycles. The van der Waals surface area contributed by atoms with Crippen LogP contribution in [0.15, 0.2) is 0 Å². The Kier molecular flexibility index (Phi) is 5.47. The Bertz CT molecular complexity index is 196. The maximum atomic E-state index is 11.3. The van der Waals surface area contributed by atoms with Crippen molar-refractivity contribution in [2.24, 2.45) is 0 Å². The number of alkyl carbamates (subject to hydrolysis) is 1. The molecular weight excluding hydrogens is 194 g/mol. The van der Waals surface area contributed by atoms with Gasteiger partial charge in [0.15, 0.2) is 0 Å². The number of carbonyl (C=O) groups excluding carboxylic acids is 1. The van der Waals surface area contributed by atoms with E-state index in [0.717, 1.165) is 38.5 Å². The third-order valence-corrected chi connectivity index (χ3v) is 2.73. The van der Waals surface area contributed by atoms with Crippen molar-refractivity contribution >= 4 is 6.09 Å². The molecule has 1 saturated carbocycles. The van der Waals surface area contributed by atoms with E-state index in [1.807, 2.05) is 0 Å². The van der Waals surface area contributed by atoms with E-state index in [4.69, 9.17) is 4.74 Å². The Morgan fingerprint density at radius 2 is 2.20 bits per heavy atom. The molecule has 0 aromatic rings. The van der Waals surface area contributed by atoms with E-state index < -0.39 is 12.2 Å². The van der Waals surface area contributed by atoms with Gasteiger partial charge in [-0.05, 0) is 25.7 Å². The lowest BCUT2D eigenvalue weighted by atomic mass is 9.95. The fourth-order valence-electron chi connectivity index (χ4n) is 1.76. The molecule has 1 rings (SSSR count). The molecule has 1 fully saturated rings. The number of amides is 1. The molecule has 1 aliphatic carbocycles. The van der Waals surface area contributed by atoms with Crippen LogP contribution in [0, 0.1) is 0 Å². The van der Waals surface area contributed by atoms with Crippen LogP contribution >= 0.6 is 0 Å². The van der Waals surface area contributed by atoms with Crippen LogP contribution in [-0.4, -0.2) is 30.0 Å². The average molecular weight is 215 g/mol. The Hall–Kier alpha value is -0.770. The predicted octanol–water partition coefficient (Wildman–Crippen LogP) is 1.82. The van der Waals surface area contributed by atoms with Crippen molar-refractivity contribution in [3.8, 4) is 0 Å². The summed E-state index contributed by atoms with van der Waals surface area (Å²) in [6.45, 7) is 2.72. The first-order valence-electron chi connectivity index (χ1n) is 5.86. The van der Waals surface area contributed by atoms with Crippen molar-refractivity contribution in [1.29, 1.82) is 0 Å². The van der Waals surface area contributed by atoms with Crippen LogP contribution in [0.3, 0.4) is 0 Å². The summed E-state index contributed by atoms with van der Waals surface area (Å²) in [5.41, 5.74) is 0. The van der Waals surface area contributed by atoms with Gasteiger partial charge < -0.3 is 15.2 Å². The van der Waals surface area contributed by atoms with E-state index in [9.17, 15) is 9.90 Å². The fourth-order valence-corrected chi connectivity index (χ4v) is 1.76. The summed E-state index contributed by atoms with van der Waals surface area (Å²) in [4.78, 5) is 11.3. The first-order chi connectivity index (χ1) is 7.24. The molecule has 2 N–H and O–H groups in total. The van der Waals surface area contributed by atoms with Gasteiger partial charge in [0.25, 0.3) is 0 Å². The van der Waals surface area contributed by atoms with Gasteiger partial charge in [-0.3, -0.25) is 0 Å². The molecular formula is C11H21NO3. The third kappa shape index (κ3) is 4.51. The van der Waals surface area contributed by atoms with Crippen LogP contribution in [0.2, 0.25) is 0 Å². The van der Waals surface area contributed by atoms with E-state index in [-0.39, 0.29) is 6.10 Å². The van der Waals surface area contributed by atoms with Gasteiger partial charge in [0, 0.05) is 6.54 Å². The van der Waals surface area contributed by atoms with Gasteiger partial charge in [0.2, 0.25) is 0 Å². The molecule has 2 atom stereocenters. The molecule has 15 heavy (non-hydrogen) atoms. The smallest absolute Gasteiger partial charge is 0.407 e. The highest BCUT2D eigenvalue weighted by molar-refractivity contribution is 5.67. The van der Waals surface area contributed by atoms with E-state index in [1.54, 1.807) is 0 Å². The second-order valence-corrected chi connectivity index (χ2v) is 4.08. The first kappa shape index (κ1) is 12.3. The van der Waals surface area contributed by atoms with Crippen LogP contribution in [0.25, 0.3) is 0 Å². The number of rotatable bonds is 4. The van der Waals surface area contributed by atoms with E-state index in [1.165, 1.54) is 0 Å². The zero-order chi connectivity index (χ0) is 11.1. The summed E-state index contributed by atoms with van der Waals surface area (Å²) in [5.74, 6) is 0. The minimum absolute atomic E-state index is 0.305. The summed E-state index contributed by atoms with van der Waals surface area (Å²) in [6, 6.07) is 0. The van der Waals surface area contributed by atoms with Crippen molar-refractivity contribution in [3.05, 3.63) is 0 Å². The number of hydrogen-bond acceptors (Lipinski definition) is 3. The largest absolute Gasteiger partial charge is 0.443 e. The lowest BCUT2D eigenvalue weighted by Gasteiger charge is -2.27. The predicted molar refractivity (Wildman–Crippen MR) is 57.7 cm³/mol. The number of aliphatic hydroxyl groups excluding tert-OH is 1. The van der Waals surface area contributed by atoms with Crippen molar-refractivity contribution in [3.63, 3.8) is 0 Å². The Labute approximate surface area is 91.0 Å². The SMILES string of the molecule is CCCCNC(=O)O[C@@H]1CCCC[C@H]1O. The number of ether oxygens (including phenoxy) is 1. The summed E-state index contributed by atoms with van der Waals surface area (Å²) in [5, 5.41) is 12.3. The first-order valence-corrected chi connectivity index (χ1v) is 5.86. The van der Waals surface area contributed by atoms with Crippen molar-refractivity contribution in [1.82, 2.24) is 5.32 Å². The van der Waals surface area contributed by atoms with Crippen molar-refractivity contribution < 1.29 is 14.6 Å². The minimum atomic E-state index is -0.476. The lowest BCUT2D eigenvalue weighted by molar-refractivity contribution is -0.0211. The second kappa shape index (κ2) is 6.67. The number of nitrogens with one attached hydrogen (secondary N) is 1. The minimum Gasteiger partial charge on any atom is -0.443 e. The Balaban J connectivity index is 2.18. The summed E-state index contributed by atoms with van der Waals surface area (Å²) in [7, 11) is 0. The average Bonchev–Trinajstić information content (AvgIpc) is 2.22. The molecule has 0 aromatic heterocycles. The van der Waals surface area contributed by atoms with Gasteiger partial charge >= 0.3 is 6.09 Å². The summed E-state index contributed by atoms with van der Waals surface area (Å²) >= 11 is 0. The molecule has 1 aliphatic rings. The van der Waals surface area contributed by atoms with Gasteiger partial charge in [0.05, 0.1) is 6.10 Å². The topological polar surface area (TPSA) is 58.6 Å². The number of carbonyl (C=O) groups is 1. The van der Waals surface area contributed by atoms with Crippen molar-refractivity contribution in [2.75, 3.05) is 6.54 Å². The Morgan fingerprint density at radius 3 is 2.87 bits per heavy atom. The van der Waals surface area contributed by atoms with Gasteiger partial charge in [0.1, 0.15) is 6.10 Å². The molecule has 0 bridgehead atoms. The number of hydrogen-bond donors (Lipinski definition) is 2. The molecule has 88 valence electrons. The third-order valence-electron chi connectivity index (χ3n) is 2.73. The number of aliphatic hydroxyl groups is 1. The maximum Gasteiger partial charge on any atom is 0.407 e. The van der Waals surface area contributed by atoms with Crippen LogP contribution in [0.4, 0.5) is 4.79 Å². The Morgan fingerprint density at radius 1 is 1.47 bits per heavy atom. The molecule has 0 radical (unpaired) electrons. The molecule has 4 heteroatoms. The normalized spacial score (nSPS) is 26.0. The molecule has 0 aliphatic heterocycles. The highest BCUT2D eigenvalue weighted by atomic mass is 16.6. The monoisotopic (exact) mass is 215 g/mol. The summed E-state index contributed by atoms with van der Waals surface area (Å²) in [6.07, 6.45) is 4.41. The molecule has 0 spiro atoms.